The van der Waals surface area contributed by atoms with Crippen molar-refractivity contribution in [2.75, 3.05) is 6.67 Å². The SMILES string of the molecule is C=C(C)/C(F)=C\C(=C/CF)C1CCC(/C=C/C2CCC(C)CC2)CC1. The van der Waals surface area contributed by atoms with Gasteiger partial charge in [0.25, 0.3) is 0 Å². The minimum Gasteiger partial charge on any atom is -0.247 e. The molecule has 0 saturated heterocycles. The first-order valence-electron chi connectivity index (χ1n) is 9.97. The molecule has 2 rings (SSSR count). The van der Waals surface area contributed by atoms with Crippen molar-refractivity contribution in [3.05, 3.63) is 47.9 Å². The third-order valence-electron chi connectivity index (χ3n) is 5.97. The maximum Gasteiger partial charge on any atom is 0.125 e. The van der Waals surface area contributed by atoms with Crippen molar-refractivity contribution in [2.24, 2.45) is 23.7 Å². The van der Waals surface area contributed by atoms with E-state index in [1.165, 1.54) is 37.8 Å². The van der Waals surface area contributed by atoms with Crippen LogP contribution in [0, 0.1) is 23.7 Å². The maximum atomic E-state index is 13.9. The van der Waals surface area contributed by atoms with Crippen LogP contribution in [-0.2, 0) is 0 Å². The molecule has 0 amide bonds. The molecule has 0 radical (unpaired) electrons. The monoisotopic (exact) mass is 348 g/mol. The zero-order valence-corrected chi connectivity index (χ0v) is 15.9. The molecule has 0 N–H and O–H groups in total. The number of alkyl halides is 1. The Morgan fingerprint density at radius 2 is 1.48 bits per heavy atom. The Bertz CT molecular complexity index is 510. The van der Waals surface area contributed by atoms with Crippen LogP contribution in [-0.4, -0.2) is 6.67 Å². The van der Waals surface area contributed by atoms with Crippen LogP contribution in [0.2, 0.25) is 0 Å². The van der Waals surface area contributed by atoms with E-state index in [0.29, 0.717) is 11.5 Å². The smallest absolute Gasteiger partial charge is 0.125 e. The molecule has 0 aliphatic heterocycles. The van der Waals surface area contributed by atoms with E-state index in [-0.39, 0.29) is 11.7 Å². The fourth-order valence-electron chi connectivity index (χ4n) is 4.14. The van der Waals surface area contributed by atoms with E-state index in [9.17, 15) is 8.78 Å². The van der Waals surface area contributed by atoms with Crippen LogP contribution in [0.3, 0.4) is 0 Å². The highest BCUT2D eigenvalue weighted by molar-refractivity contribution is 5.32. The van der Waals surface area contributed by atoms with E-state index in [0.717, 1.165) is 43.1 Å². The summed E-state index contributed by atoms with van der Waals surface area (Å²) in [5, 5.41) is 0. The number of rotatable bonds is 6. The topological polar surface area (TPSA) is 0 Å². The normalized spacial score (nSPS) is 32.2. The summed E-state index contributed by atoms with van der Waals surface area (Å²) in [6.45, 7) is 7.09. The Balaban J connectivity index is 1.86. The second kappa shape index (κ2) is 10.1. The Morgan fingerprint density at radius 1 is 0.960 bits per heavy atom. The number of hydrogen-bond acceptors (Lipinski definition) is 0. The van der Waals surface area contributed by atoms with Crippen molar-refractivity contribution in [1.82, 2.24) is 0 Å². The van der Waals surface area contributed by atoms with Crippen LogP contribution in [0.15, 0.2) is 47.9 Å². The van der Waals surface area contributed by atoms with Crippen LogP contribution >= 0.6 is 0 Å². The summed E-state index contributed by atoms with van der Waals surface area (Å²) >= 11 is 0. The highest BCUT2D eigenvalue weighted by Gasteiger charge is 2.23. The molecule has 0 spiro atoms. The van der Waals surface area contributed by atoms with Gasteiger partial charge in [-0.25, -0.2) is 8.78 Å². The molecular weight excluding hydrogens is 314 g/mol. The summed E-state index contributed by atoms with van der Waals surface area (Å²) in [4.78, 5) is 0. The van der Waals surface area contributed by atoms with E-state index in [1.54, 1.807) is 6.92 Å². The first-order chi connectivity index (χ1) is 12.0. The minimum absolute atomic E-state index is 0.279. The predicted molar refractivity (Wildman–Crippen MR) is 104 cm³/mol. The molecule has 2 aliphatic rings. The van der Waals surface area contributed by atoms with E-state index in [2.05, 4.69) is 25.7 Å². The highest BCUT2D eigenvalue weighted by Crippen LogP contribution is 2.36. The Labute approximate surface area is 152 Å². The molecular formula is C23H34F2. The lowest BCUT2D eigenvalue weighted by atomic mass is 9.77. The second-order valence-electron chi connectivity index (χ2n) is 8.15. The molecule has 2 saturated carbocycles. The largest absolute Gasteiger partial charge is 0.247 e. The molecule has 0 bridgehead atoms. The highest BCUT2D eigenvalue weighted by atomic mass is 19.1. The zero-order chi connectivity index (χ0) is 18.2. The van der Waals surface area contributed by atoms with Crippen molar-refractivity contribution in [1.29, 1.82) is 0 Å². The average molecular weight is 349 g/mol. The van der Waals surface area contributed by atoms with Gasteiger partial charge in [0.15, 0.2) is 0 Å². The van der Waals surface area contributed by atoms with Gasteiger partial charge in [-0.3, -0.25) is 0 Å². The predicted octanol–water partition coefficient (Wildman–Crippen LogP) is 7.50. The fraction of sp³-hybridized carbons (Fsp3) is 0.652. The standard InChI is InChI=1S/C23H34F2/c1-17(2)23(25)16-22(14-15-24)21-12-10-20(11-13-21)9-8-19-6-4-18(3)5-7-19/h8-9,14,16,18-21H,1,4-7,10-13,15H2,2-3H3/b9-8+,22-14+,23-16+. The van der Waals surface area contributed by atoms with E-state index < -0.39 is 6.67 Å². The Morgan fingerprint density at radius 3 is 1.96 bits per heavy atom. The molecule has 0 atom stereocenters. The summed E-state index contributed by atoms with van der Waals surface area (Å²) in [6.07, 6.45) is 17.6. The van der Waals surface area contributed by atoms with Gasteiger partial charge in [0.2, 0.25) is 0 Å². The lowest BCUT2D eigenvalue weighted by molar-refractivity contribution is 0.323. The molecule has 2 fully saturated rings. The Kier molecular flexibility index (Phi) is 8.12. The van der Waals surface area contributed by atoms with Gasteiger partial charge in [-0.05, 0) is 86.3 Å². The van der Waals surface area contributed by atoms with Gasteiger partial charge in [-0.15, -0.1) is 0 Å². The first-order valence-corrected chi connectivity index (χ1v) is 9.97. The van der Waals surface area contributed by atoms with Gasteiger partial charge in [-0.2, -0.15) is 0 Å². The summed E-state index contributed by atoms with van der Waals surface area (Å²) < 4.78 is 26.7. The lowest BCUT2D eigenvalue weighted by Gasteiger charge is -2.29. The van der Waals surface area contributed by atoms with Crippen LogP contribution < -0.4 is 0 Å². The van der Waals surface area contributed by atoms with Gasteiger partial charge in [0, 0.05) is 0 Å². The maximum absolute atomic E-state index is 13.9. The Hall–Kier alpha value is -1.18. The number of halogens is 2. The zero-order valence-electron chi connectivity index (χ0n) is 15.9. The second-order valence-corrected chi connectivity index (χ2v) is 8.15. The minimum atomic E-state index is -0.533. The quantitative estimate of drug-likeness (QED) is 0.344. The third-order valence-corrected chi connectivity index (χ3v) is 5.97. The number of allylic oxidation sites excluding steroid dienone is 7. The van der Waals surface area contributed by atoms with E-state index in [1.807, 2.05) is 0 Å². The van der Waals surface area contributed by atoms with E-state index in [4.69, 9.17) is 0 Å². The molecule has 0 aromatic carbocycles. The van der Waals surface area contributed by atoms with Crippen molar-refractivity contribution in [2.45, 2.75) is 65.2 Å². The van der Waals surface area contributed by atoms with Crippen LogP contribution in [0.1, 0.15) is 65.2 Å². The molecule has 0 aromatic rings. The number of hydrogen-bond donors (Lipinski definition) is 0. The van der Waals surface area contributed by atoms with Crippen molar-refractivity contribution in [3.63, 3.8) is 0 Å². The van der Waals surface area contributed by atoms with Crippen LogP contribution in [0.4, 0.5) is 8.78 Å². The first kappa shape index (κ1) is 20.1. The lowest BCUT2D eigenvalue weighted by Crippen LogP contribution is -2.15. The summed E-state index contributed by atoms with van der Waals surface area (Å²) in [5.41, 5.74) is 1.22. The van der Waals surface area contributed by atoms with Crippen molar-refractivity contribution < 1.29 is 8.78 Å². The van der Waals surface area contributed by atoms with Crippen molar-refractivity contribution >= 4 is 0 Å². The average Bonchev–Trinajstić information content (AvgIpc) is 2.61. The van der Waals surface area contributed by atoms with Gasteiger partial charge in [0.1, 0.15) is 12.5 Å². The summed E-state index contributed by atoms with van der Waals surface area (Å²) in [6, 6.07) is 0. The summed E-state index contributed by atoms with van der Waals surface area (Å²) in [7, 11) is 0. The molecule has 25 heavy (non-hydrogen) atoms. The van der Waals surface area contributed by atoms with E-state index >= 15 is 0 Å². The molecule has 0 heterocycles. The molecule has 2 heteroatoms. The van der Waals surface area contributed by atoms with Crippen LogP contribution in [0.25, 0.3) is 0 Å². The molecule has 0 nitrogen and oxygen atoms in total. The summed E-state index contributed by atoms with van der Waals surface area (Å²) in [5.74, 6) is 2.25. The van der Waals surface area contributed by atoms with Gasteiger partial charge in [-0.1, -0.05) is 44.6 Å². The molecule has 0 aromatic heterocycles. The van der Waals surface area contributed by atoms with Gasteiger partial charge >= 0.3 is 0 Å². The fourth-order valence-corrected chi connectivity index (χ4v) is 4.14. The third kappa shape index (κ3) is 6.56. The van der Waals surface area contributed by atoms with Gasteiger partial charge in [0.05, 0.1) is 0 Å². The molecule has 2 aliphatic carbocycles. The van der Waals surface area contributed by atoms with Crippen LogP contribution in [0.5, 0.6) is 0 Å². The van der Waals surface area contributed by atoms with Crippen molar-refractivity contribution in [3.8, 4) is 0 Å². The van der Waals surface area contributed by atoms with Gasteiger partial charge < -0.3 is 0 Å². The molecule has 0 unspecified atom stereocenters. The molecule has 140 valence electrons.